The molecule has 0 aliphatic rings. The summed E-state index contributed by atoms with van der Waals surface area (Å²) in [6.07, 6.45) is 0. The van der Waals surface area contributed by atoms with E-state index in [1.165, 1.54) is 0 Å². The normalized spacial score (nSPS) is 6.25. The van der Waals surface area contributed by atoms with E-state index in [2.05, 4.69) is 15.7 Å². The van der Waals surface area contributed by atoms with E-state index < -0.39 is 5.09 Å². The maximum absolute atomic E-state index is 8.36. The van der Waals surface area contributed by atoms with Gasteiger partial charge in [-0.3, -0.25) is 5.41 Å². The molecule has 0 aromatic carbocycles. The van der Waals surface area contributed by atoms with Gasteiger partial charge in [0.05, 0.1) is 0 Å². The molecule has 75 valence electrons. The molecule has 0 atom stereocenters. The van der Waals surface area contributed by atoms with Crippen molar-refractivity contribution in [1.29, 1.82) is 5.41 Å². The minimum atomic E-state index is -1.50. The van der Waals surface area contributed by atoms with Crippen LogP contribution in [0, 0.1) is 15.5 Å². The first-order chi connectivity index (χ1) is 5.37. The third kappa shape index (κ3) is 70.8. The van der Waals surface area contributed by atoms with Gasteiger partial charge >= 0.3 is 19.5 Å². The zero-order valence-electron chi connectivity index (χ0n) is 5.63. The van der Waals surface area contributed by atoms with Crippen molar-refractivity contribution in [2.24, 2.45) is 17.4 Å². The summed E-state index contributed by atoms with van der Waals surface area (Å²) in [7, 11) is 0. The van der Waals surface area contributed by atoms with E-state index in [1.807, 2.05) is 0 Å². The summed E-state index contributed by atoms with van der Waals surface area (Å²) < 4.78 is 7.94. The van der Waals surface area contributed by atoms with E-state index in [-0.39, 0.29) is 5.96 Å². The fourth-order valence-electron chi connectivity index (χ4n) is 0. The molecule has 0 amide bonds. The number of rotatable bonds is 0. The topological polar surface area (TPSA) is 186 Å². The van der Waals surface area contributed by atoms with Crippen molar-refractivity contribution in [2.45, 2.75) is 0 Å². The van der Waals surface area contributed by atoms with Crippen molar-refractivity contribution >= 4 is 5.96 Å². The Bertz CT molecular complexity index is 134. The van der Waals surface area contributed by atoms with E-state index in [1.54, 1.807) is 0 Å². The summed E-state index contributed by atoms with van der Waals surface area (Å²) in [5, 5.41) is 20.6. The number of nitrogens with two attached hydrogens (primary N) is 3. The van der Waals surface area contributed by atoms with Crippen LogP contribution in [0.2, 0.25) is 0 Å². The Morgan fingerprint density at radius 1 is 1.58 bits per heavy atom. The first-order valence-electron chi connectivity index (χ1n) is 1.98. The molecule has 0 spiro atoms. The molecule has 11 heteroatoms. The Labute approximate surface area is 74.6 Å². The average Bonchev–Trinajstić information content (AvgIpc) is 1.90. The molecule has 0 rings (SSSR count). The van der Waals surface area contributed by atoms with Crippen molar-refractivity contribution in [3.63, 3.8) is 0 Å². The van der Waals surface area contributed by atoms with Crippen LogP contribution in [0.5, 0.6) is 0 Å². The van der Waals surface area contributed by atoms with E-state index in [9.17, 15) is 0 Å². The first kappa shape index (κ1) is 17.0. The summed E-state index contributed by atoms with van der Waals surface area (Å²) >= 11 is 2.31. The van der Waals surface area contributed by atoms with Crippen LogP contribution in [0.25, 0.3) is 0 Å². The van der Waals surface area contributed by atoms with Gasteiger partial charge in [-0.15, -0.1) is 10.1 Å². The van der Waals surface area contributed by atoms with Gasteiger partial charge in [-0.05, 0) is 0 Å². The number of hydrazine groups is 2. The standard InChI is InChI=1S/CH7N5.Co.HNO3.O/c2-1(3)6(4)5;;2-1(3)4;/h4-5H2,(H3,2,3);;(H,2,3,4);. The van der Waals surface area contributed by atoms with Crippen molar-refractivity contribution in [3.05, 3.63) is 10.1 Å². The molecule has 0 aromatic rings. The Morgan fingerprint density at radius 2 is 1.67 bits per heavy atom. The third-order valence-electron chi connectivity index (χ3n) is 0.278. The molecule has 0 fully saturated rings. The molecule has 0 aliphatic heterocycles. The summed E-state index contributed by atoms with van der Waals surface area (Å²) in [6.45, 7) is 0. The Morgan fingerprint density at radius 3 is 1.67 bits per heavy atom. The van der Waals surface area contributed by atoms with Gasteiger partial charge in [-0.25, -0.2) is 16.8 Å². The molecule has 0 heterocycles. The molecular formula is CH8CoN6O4. The van der Waals surface area contributed by atoms with Gasteiger partial charge in [-0.2, -0.15) is 0 Å². The van der Waals surface area contributed by atoms with Crippen LogP contribution in [-0.2, 0) is 19.5 Å². The monoisotopic (exact) mass is 227 g/mol. The minimum absolute atomic E-state index is 0.352. The van der Waals surface area contributed by atoms with E-state index in [0.717, 1.165) is 0 Å². The Balaban J connectivity index is -0.000000118. The molecule has 0 radical (unpaired) electrons. The van der Waals surface area contributed by atoms with Gasteiger partial charge in [0.2, 0.25) is 5.96 Å². The zero-order valence-corrected chi connectivity index (χ0v) is 6.67. The molecule has 0 saturated carbocycles. The number of hydrogen-bond donors (Lipinski definition) is 5. The van der Waals surface area contributed by atoms with Gasteiger partial charge < -0.3 is 10.9 Å². The summed E-state index contributed by atoms with van der Waals surface area (Å²) in [4.78, 5) is 8.36. The third-order valence-corrected chi connectivity index (χ3v) is 0.278. The van der Waals surface area contributed by atoms with E-state index in [0.29, 0.717) is 5.12 Å². The molecule has 0 aromatic heterocycles. The van der Waals surface area contributed by atoms with Gasteiger partial charge in [0.1, 0.15) is 0 Å². The predicted octanol–water partition coefficient (Wildman–Crippen LogP) is -2.54. The summed E-state index contributed by atoms with van der Waals surface area (Å²) in [5.74, 6) is 9.04. The van der Waals surface area contributed by atoms with Crippen LogP contribution in [-0.4, -0.2) is 21.4 Å². The maximum atomic E-state index is 8.36. The van der Waals surface area contributed by atoms with Crippen molar-refractivity contribution in [2.75, 3.05) is 0 Å². The second kappa shape index (κ2) is 12.4. The van der Waals surface area contributed by atoms with Gasteiger partial charge in [0.25, 0.3) is 5.09 Å². The number of nitrogens with one attached hydrogen (secondary N) is 1. The van der Waals surface area contributed by atoms with Crippen LogP contribution in [0.1, 0.15) is 0 Å². The van der Waals surface area contributed by atoms with Gasteiger partial charge in [0, 0.05) is 0 Å². The van der Waals surface area contributed by atoms with Crippen molar-refractivity contribution < 1.29 is 29.8 Å². The van der Waals surface area contributed by atoms with Gasteiger partial charge in [0.15, 0.2) is 0 Å². The van der Waals surface area contributed by atoms with E-state index >= 15 is 0 Å². The first-order valence-corrected chi connectivity index (χ1v) is 2.40. The Kier molecular flexibility index (Phi) is 17.5. The molecule has 0 bridgehead atoms. The number of nitrogens with zero attached hydrogens (tertiary/aromatic N) is 2. The average molecular weight is 227 g/mol. The second-order valence-electron chi connectivity index (χ2n) is 1.03. The molecule has 0 aliphatic carbocycles. The van der Waals surface area contributed by atoms with Crippen molar-refractivity contribution in [1.82, 2.24) is 5.12 Å². The second-order valence-corrected chi connectivity index (χ2v) is 1.03. The van der Waals surface area contributed by atoms with Crippen molar-refractivity contribution in [3.8, 4) is 0 Å². The summed E-state index contributed by atoms with van der Waals surface area (Å²) in [5.41, 5.74) is 4.69. The molecule has 0 saturated heterocycles. The fourth-order valence-corrected chi connectivity index (χ4v) is 0. The van der Waals surface area contributed by atoms with Crippen LogP contribution in [0.15, 0.2) is 0 Å². The van der Waals surface area contributed by atoms with E-state index in [4.69, 9.17) is 42.0 Å². The molecular weight excluding hydrogens is 219 g/mol. The molecule has 10 nitrogen and oxygen atoms in total. The van der Waals surface area contributed by atoms with Crippen LogP contribution in [0.3, 0.4) is 0 Å². The predicted molar refractivity (Wildman–Crippen MR) is 31.6 cm³/mol. The Hall–Kier alpha value is -1.30. The summed E-state index contributed by atoms with van der Waals surface area (Å²) in [6, 6.07) is 0. The van der Waals surface area contributed by atoms with Crippen LogP contribution < -0.4 is 17.4 Å². The number of hydrogen-bond acceptors (Lipinski definition) is 6. The molecule has 8 N–H and O–H groups in total. The van der Waals surface area contributed by atoms with Crippen LogP contribution >= 0.6 is 0 Å². The van der Waals surface area contributed by atoms with Gasteiger partial charge in [-0.1, -0.05) is 0 Å². The SMILES string of the molecule is N=C(N)N(N)N.O=[N+]([O-])O.[O]=[Co]. The number of guanidine groups is 1. The quantitative estimate of drug-likeness (QED) is 0.0983. The zero-order chi connectivity index (χ0) is 10.7. The van der Waals surface area contributed by atoms with Crippen LogP contribution in [0.4, 0.5) is 0 Å². The molecule has 12 heavy (non-hydrogen) atoms. The fraction of sp³-hybridized carbons (Fsp3) is 0. The molecule has 0 unspecified atom stereocenters.